The van der Waals surface area contributed by atoms with Crippen molar-refractivity contribution in [3.05, 3.63) is 54.1 Å². The second-order valence-electron chi connectivity index (χ2n) is 7.73. The first-order chi connectivity index (χ1) is 14.7. The minimum absolute atomic E-state index is 0.102. The average molecular weight is 425 g/mol. The van der Waals surface area contributed by atoms with Gasteiger partial charge in [-0.3, -0.25) is 9.69 Å². The van der Waals surface area contributed by atoms with Crippen LogP contribution in [-0.2, 0) is 9.53 Å². The zero-order chi connectivity index (χ0) is 20.8. The van der Waals surface area contributed by atoms with Gasteiger partial charge in [-0.2, -0.15) is 0 Å². The molecule has 0 saturated carbocycles. The molecular formula is C24H28N2O3S. The van der Waals surface area contributed by atoms with Gasteiger partial charge in [0.2, 0.25) is 5.91 Å². The lowest BCUT2D eigenvalue weighted by molar-refractivity contribution is -0.119. The summed E-state index contributed by atoms with van der Waals surface area (Å²) in [5.74, 6) is 0.996. The third-order valence-electron chi connectivity index (χ3n) is 5.27. The number of anilines is 1. The molecule has 1 aromatic heterocycles. The monoisotopic (exact) mass is 424 g/mol. The largest absolute Gasteiger partial charge is 0.494 e. The number of fused-ring (bicyclic) bond motifs is 1. The van der Waals surface area contributed by atoms with Crippen LogP contribution in [0.4, 0.5) is 5.13 Å². The molecule has 1 fully saturated rings. The fourth-order valence-corrected chi connectivity index (χ4v) is 4.65. The van der Waals surface area contributed by atoms with Crippen LogP contribution in [0.2, 0.25) is 0 Å². The molecule has 1 aliphatic rings. The molecule has 30 heavy (non-hydrogen) atoms. The van der Waals surface area contributed by atoms with Crippen LogP contribution < -0.4 is 9.64 Å². The molecule has 1 aliphatic heterocycles. The fourth-order valence-electron chi connectivity index (χ4n) is 3.66. The van der Waals surface area contributed by atoms with Gasteiger partial charge in [0.25, 0.3) is 0 Å². The van der Waals surface area contributed by atoms with E-state index in [1.54, 1.807) is 11.3 Å². The van der Waals surface area contributed by atoms with E-state index >= 15 is 0 Å². The lowest BCUT2D eigenvalue weighted by Crippen LogP contribution is -2.37. The minimum atomic E-state index is 0.102. The first-order valence-corrected chi connectivity index (χ1v) is 11.5. The van der Waals surface area contributed by atoms with E-state index in [1.807, 2.05) is 47.4 Å². The Bertz CT molecular complexity index is 948. The highest BCUT2D eigenvalue weighted by molar-refractivity contribution is 7.22. The summed E-state index contributed by atoms with van der Waals surface area (Å²) in [7, 11) is 0. The number of hydrogen-bond donors (Lipinski definition) is 0. The molecular weight excluding hydrogens is 396 g/mol. The normalized spacial score (nSPS) is 16.1. The van der Waals surface area contributed by atoms with Crippen molar-refractivity contribution in [3.63, 3.8) is 0 Å². The van der Waals surface area contributed by atoms with Crippen LogP contribution in [0.15, 0.2) is 48.5 Å². The van der Waals surface area contributed by atoms with Gasteiger partial charge >= 0.3 is 0 Å². The minimum Gasteiger partial charge on any atom is -0.494 e. The summed E-state index contributed by atoms with van der Waals surface area (Å²) < 4.78 is 12.7. The summed E-state index contributed by atoms with van der Waals surface area (Å²) in [5, 5.41) is 0.771. The number of aryl methyl sites for hydroxylation is 1. The van der Waals surface area contributed by atoms with Crippen LogP contribution in [0.25, 0.3) is 10.2 Å². The Morgan fingerprint density at radius 2 is 2.13 bits per heavy atom. The number of aromatic nitrogens is 1. The Labute approximate surface area is 181 Å². The first kappa shape index (κ1) is 20.8. The van der Waals surface area contributed by atoms with E-state index in [4.69, 9.17) is 14.5 Å². The van der Waals surface area contributed by atoms with Crippen LogP contribution in [-0.4, -0.2) is 36.8 Å². The number of carbonyl (C=O) groups excluding carboxylic acids is 1. The molecule has 1 amide bonds. The molecule has 0 N–H and O–H groups in total. The van der Waals surface area contributed by atoms with E-state index in [2.05, 4.69) is 13.0 Å². The number of para-hydroxylation sites is 1. The molecule has 0 spiro atoms. The van der Waals surface area contributed by atoms with Crippen molar-refractivity contribution >= 4 is 32.6 Å². The maximum Gasteiger partial charge on any atom is 0.228 e. The van der Waals surface area contributed by atoms with Gasteiger partial charge in [0.05, 0.1) is 29.5 Å². The number of benzene rings is 2. The Hall–Kier alpha value is -2.44. The lowest BCUT2D eigenvalue weighted by Gasteiger charge is -2.23. The Kier molecular flexibility index (Phi) is 6.97. The molecule has 0 radical (unpaired) electrons. The number of amides is 1. The van der Waals surface area contributed by atoms with Crippen molar-refractivity contribution in [3.8, 4) is 5.75 Å². The lowest BCUT2D eigenvalue weighted by atomic mass is 10.2. The zero-order valence-electron chi connectivity index (χ0n) is 17.4. The van der Waals surface area contributed by atoms with Gasteiger partial charge in [-0.15, -0.1) is 0 Å². The molecule has 6 heteroatoms. The van der Waals surface area contributed by atoms with Crippen LogP contribution in [0, 0.1) is 6.92 Å². The highest BCUT2D eigenvalue weighted by Gasteiger charge is 2.25. The molecule has 2 aromatic carbocycles. The molecule has 1 unspecified atom stereocenters. The number of unbranched alkanes of at least 4 members (excludes halogenated alkanes) is 1. The first-order valence-electron chi connectivity index (χ1n) is 10.7. The van der Waals surface area contributed by atoms with E-state index in [9.17, 15) is 4.79 Å². The molecule has 5 nitrogen and oxygen atoms in total. The molecule has 1 atom stereocenters. The second-order valence-corrected chi connectivity index (χ2v) is 8.73. The Balaban J connectivity index is 1.34. The van der Waals surface area contributed by atoms with Crippen molar-refractivity contribution in [2.45, 2.75) is 45.1 Å². The van der Waals surface area contributed by atoms with Crippen molar-refractivity contribution in [2.75, 3.05) is 24.7 Å². The Morgan fingerprint density at radius 3 is 2.93 bits per heavy atom. The molecule has 0 aliphatic carbocycles. The molecule has 4 rings (SSSR count). The SMILES string of the molecule is Cc1cccc(OCCCCC(=O)N(CC2CCCO2)c2nc3ccccc3s2)c1. The van der Waals surface area contributed by atoms with Crippen molar-refractivity contribution in [1.82, 2.24) is 4.98 Å². The summed E-state index contributed by atoms with van der Waals surface area (Å²) in [5.41, 5.74) is 2.12. The van der Waals surface area contributed by atoms with Gasteiger partial charge in [0, 0.05) is 13.0 Å². The predicted molar refractivity (Wildman–Crippen MR) is 121 cm³/mol. The van der Waals surface area contributed by atoms with E-state index in [0.29, 0.717) is 19.6 Å². The quantitative estimate of drug-likeness (QED) is 0.434. The van der Waals surface area contributed by atoms with E-state index in [0.717, 1.165) is 53.4 Å². The number of carbonyl (C=O) groups is 1. The van der Waals surface area contributed by atoms with Crippen molar-refractivity contribution < 1.29 is 14.3 Å². The van der Waals surface area contributed by atoms with Gasteiger partial charge < -0.3 is 9.47 Å². The molecule has 3 aromatic rings. The standard InChI is InChI=1S/C24H28N2O3S/c1-18-8-6-9-19(16-18)28-14-5-4-13-23(27)26(17-20-10-7-15-29-20)24-25-21-11-2-3-12-22(21)30-24/h2-3,6,8-9,11-12,16,20H,4-5,7,10,13-15,17H2,1H3. The summed E-state index contributed by atoms with van der Waals surface area (Å²) in [6.45, 7) is 4.03. The van der Waals surface area contributed by atoms with Gasteiger partial charge in [-0.1, -0.05) is 35.6 Å². The molecule has 0 bridgehead atoms. The highest BCUT2D eigenvalue weighted by atomic mass is 32.1. The number of ether oxygens (including phenoxy) is 2. The highest BCUT2D eigenvalue weighted by Crippen LogP contribution is 2.30. The van der Waals surface area contributed by atoms with Crippen molar-refractivity contribution in [1.29, 1.82) is 0 Å². The van der Waals surface area contributed by atoms with Gasteiger partial charge in [-0.25, -0.2) is 4.98 Å². The van der Waals surface area contributed by atoms with E-state index in [1.165, 1.54) is 5.56 Å². The van der Waals surface area contributed by atoms with Crippen LogP contribution >= 0.6 is 11.3 Å². The zero-order valence-corrected chi connectivity index (χ0v) is 18.2. The van der Waals surface area contributed by atoms with Gasteiger partial charge in [0.1, 0.15) is 5.75 Å². The average Bonchev–Trinajstić information content (AvgIpc) is 3.41. The number of thiazole rings is 1. The number of nitrogens with zero attached hydrogens (tertiary/aromatic N) is 2. The van der Waals surface area contributed by atoms with Crippen molar-refractivity contribution in [2.24, 2.45) is 0 Å². The summed E-state index contributed by atoms with van der Waals surface area (Å²) in [6, 6.07) is 16.1. The Morgan fingerprint density at radius 1 is 1.23 bits per heavy atom. The summed E-state index contributed by atoms with van der Waals surface area (Å²) in [4.78, 5) is 19.6. The van der Waals surface area contributed by atoms with Crippen LogP contribution in [0.5, 0.6) is 5.75 Å². The maximum atomic E-state index is 13.1. The summed E-state index contributed by atoms with van der Waals surface area (Å²) >= 11 is 1.57. The molecule has 1 saturated heterocycles. The third-order valence-corrected chi connectivity index (χ3v) is 6.33. The topological polar surface area (TPSA) is 51.7 Å². The smallest absolute Gasteiger partial charge is 0.228 e. The summed E-state index contributed by atoms with van der Waals surface area (Å²) in [6.07, 6.45) is 4.28. The fraction of sp³-hybridized carbons (Fsp3) is 0.417. The maximum absolute atomic E-state index is 13.1. The van der Waals surface area contributed by atoms with Crippen LogP contribution in [0.3, 0.4) is 0 Å². The predicted octanol–water partition coefficient (Wildman–Crippen LogP) is 5.37. The van der Waals surface area contributed by atoms with E-state index in [-0.39, 0.29) is 12.0 Å². The number of hydrogen-bond acceptors (Lipinski definition) is 5. The number of rotatable bonds is 9. The van der Waals surface area contributed by atoms with Gasteiger partial charge in [-0.05, 0) is 62.4 Å². The molecule has 2 heterocycles. The van der Waals surface area contributed by atoms with Gasteiger partial charge in [0.15, 0.2) is 5.13 Å². The third kappa shape index (κ3) is 5.37. The van der Waals surface area contributed by atoms with Crippen LogP contribution in [0.1, 0.15) is 37.7 Å². The second kappa shape index (κ2) is 10.0. The molecule has 158 valence electrons. The van der Waals surface area contributed by atoms with E-state index < -0.39 is 0 Å².